The highest BCUT2D eigenvalue weighted by atomic mass is 16.5. The number of carbonyl (C=O) groups excluding carboxylic acids is 1. The lowest BCUT2D eigenvalue weighted by molar-refractivity contribution is -0.123. The van der Waals surface area contributed by atoms with Crippen molar-refractivity contribution in [2.45, 2.75) is 50.8 Å². The molecule has 0 aromatic rings. The van der Waals surface area contributed by atoms with E-state index in [1.807, 2.05) is 6.92 Å². The third kappa shape index (κ3) is 2.49. The fourth-order valence-corrected chi connectivity index (χ4v) is 2.13. The molecule has 1 saturated carbocycles. The summed E-state index contributed by atoms with van der Waals surface area (Å²) >= 11 is 0. The first kappa shape index (κ1) is 10.9. The molecule has 2 aliphatic rings. The molecule has 4 heteroatoms. The van der Waals surface area contributed by atoms with Gasteiger partial charge in [-0.2, -0.15) is 0 Å². The number of hydrogen-bond acceptors (Lipinski definition) is 3. The van der Waals surface area contributed by atoms with Crippen molar-refractivity contribution in [2.24, 2.45) is 11.7 Å². The molecule has 2 unspecified atom stereocenters. The second-order valence-electron chi connectivity index (χ2n) is 4.59. The highest BCUT2D eigenvalue weighted by Crippen LogP contribution is 2.38. The van der Waals surface area contributed by atoms with E-state index in [0.717, 1.165) is 13.0 Å². The number of nitrogens with two attached hydrogens (primary N) is 1. The molecule has 3 atom stereocenters. The maximum atomic E-state index is 11.6. The van der Waals surface area contributed by atoms with Crippen LogP contribution in [0, 0.1) is 5.92 Å². The van der Waals surface area contributed by atoms with Gasteiger partial charge in [0.05, 0.1) is 18.2 Å². The molecule has 0 bridgehead atoms. The summed E-state index contributed by atoms with van der Waals surface area (Å²) in [5.74, 6) is 0.648. The van der Waals surface area contributed by atoms with E-state index in [1.165, 1.54) is 12.8 Å². The molecule has 15 heavy (non-hydrogen) atoms. The Morgan fingerprint density at radius 3 is 2.87 bits per heavy atom. The van der Waals surface area contributed by atoms with Gasteiger partial charge in [-0.1, -0.05) is 6.92 Å². The summed E-state index contributed by atoms with van der Waals surface area (Å²) in [5, 5.41) is 3.01. The predicted octanol–water partition coefficient (Wildman–Crippen LogP) is 0.407. The normalized spacial score (nSPS) is 32.7. The van der Waals surface area contributed by atoms with Crippen LogP contribution >= 0.6 is 0 Å². The number of amides is 1. The van der Waals surface area contributed by atoms with Crippen LogP contribution in [0.5, 0.6) is 0 Å². The number of hydrogen-bond donors (Lipinski definition) is 2. The Morgan fingerprint density at radius 2 is 2.27 bits per heavy atom. The zero-order valence-corrected chi connectivity index (χ0v) is 9.24. The standard InChI is InChI=1S/C11H20N2O2/c1-2-8(12)11(14)13-9-5-6-15-10(9)7-3-4-7/h7-10H,2-6,12H2,1H3,(H,13,14)/t8-,9?,10?/m0/s1. The van der Waals surface area contributed by atoms with Crippen LogP contribution in [0.4, 0.5) is 0 Å². The first-order valence-corrected chi connectivity index (χ1v) is 5.90. The van der Waals surface area contributed by atoms with Crippen LogP contribution in [-0.4, -0.2) is 30.7 Å². The van der Waals surface area contributed by atoms with Crippen molar-refractivity contribution in [3.63, 3.8) is 0 Å². The topological polar surface area (TPSA) is 64.4 Å². The van der Waals surface area contributed by atoms with Crippen molar-refractivity contribution in [1.82, 2.24) is 5.32 Å². The van der Waals surface area contributed by atoms with Crippen molar-refractivity contribution in [3.8, 4) is 0 Å². The molecule has 0 spiro atoms. The molecule has 2 fully saturated rings. The second kappa shape index (κ2) is 4.49. The van der Waals surface area contributed by atoms with E-state index < -0.39 is 0 Å². The summed E-state index contributed by atoms with van der Waals surface area (Å²) in [7, 11) is 0. The lowest BCUT2D eigenvalue weighted by Crippen LogP contribution is -2.48. The van der Waals surface area contributed by atoms with E-state index in [9.17, 15) is 4.79 Å². The van der Waals surface area contributed by atoms with E-state index in [2.05, 4.69) is 5.32 Å². The summed E-state index contributed by atoms with van der Waals surface area (Å²) < 4.78 is 5.65. The first-order chi connectivity index (χ1) is 7.22. The molecule has 1 aliphatic heterocycles. The second-order valence-corrected chi connectivity index (χ2v) is 4.59. The highest BCUT2D eigenvalue weighted by molar-refractivity contribution is 5.81. The molecule has 1 heterocycles. The van der Waals surface area contributed by atoms with Gasteiger partial charge < -0.3 is 15.8 Å². The van der Waals surface area contributed by atoms with Crippen LogP contribution in [0.25, 0.3) is 0 Å². The Bertz CT molecular complexity index is 241. The third-order valence-corrected chi connectivity index (χ3v) is 3.33. The quantitative estimate of drug-likeness (QED) is 0.709. The minimum absolute atomic E-state index is 0.0290. The highest BCUT2D eigenvalue weighted by Gasteiger charge is 2.41. The van der Waals surface area contributed by atoms with Crippen molar-refractivity contribution in [1.29, 1.82) is 0 Å². The number of ether oxygens (including phenoxy) is 1. The van der Waals surface area contributed by atoms with E-state index in [-0.39, 0.29) is 24.1 Å². The lowest BCUT2D eigenvalue weighted by atomic mass is 10.1. The van der Waals surface area contributed by atoms with Gasteiger partial charge in [0, 0.05) is 6.61 Å². The zero-order chi connectivity index (χ0) is 10.8. The lowest BCUT2D eigenvalue weighted by Gasteiger charge is -2.21. The molecule has 2 rings (SSSR count). The molecule has 86 valence electrons. The third-order valence-electron chi connectivity index (χ3n) is 3.33. The summed E-state index contributed by atoms with van der Waals surface area (Å²) in [4.78, 5) is 11.6. The fourth-order valence-electron chi connectivity index (χ4n) is 2.13. The van der Waals surface area contributed by atoms with Gasteiger partial charge in [-0.15, -0.1) is 0 Å². The van der Waals surface area contributed by atoms with Crippen molar-refractivity contribution in [2.75, 3.05) is 6.61 Å². The van der Waals surface area contributed by atoms with Gasteiger partial charge in [-0.25, -0.2) is 0 Å². The van der Waals surface area contributed by atoms with Gasteiger partial charge in [0.15, 0.2) is 0 Å². The minimum Gasteiger partial charge on any atom is -0.376 e. The summed E-state index contributed by atoms with van der Waals surface area (Å²) in [6.45, 7) is 2.70. The van der Waals surface area contributed by atoms with Crippen molar-refractivity contribution in [3.05, 3.63) is 0 Å². The smallest absolute Gasteiger partial charge is 0.237 e. The van der Waals surface area contributed by atoms with Gasteiger partial charge in [0.1, 0.15) is 0 Å². The molecule has 0 aromatic carbocycles. The Labute approximate surface area is 90.5 Å². The van der Waals surface area contributed by atoms with Crippen molar-refractivity contribution < 1.29 is 9.53 Å². The predicted molar refractivity (Wildman–Crippen MR) is 57.3 cm³/mol. The average molecular weight is 212 g/mol. The zero-order valence-electron chi connectivity index (χ0n) is 9.24. The van der Waals surface area contributed by atoms with Crippen LogP contribution in [0.15, 0.2) is 0 Å². The molecule has 1 aliphatic carbocycles. The van der Waals surface area contributed by atoms with E-state index in [4.69, 9.17) is 10.5 Å². The number of nitrogens with one attached hydrogen (secondary N) is 1. The van der Waals surface area contributed by atoms with Crippen molar-refractivity contribution >= 4 is 5.91 Å². The van der Waals surface area contributed by atoms with E-state index in [1.54, 1.807) is 0 Å². The van der Waals surface area contributed by atoms with Gasteiger partial charge in [0.2, 0.25) is 5.91 Å². The molecular formula is C11H20N2O2. The summed E-state index contributed by atoms with van der Waals surface area (Å²) in [6.07, 6.45) is 4.36. The van der Waals surface area contributed by atoms with E-state index in [0.29, 0.717) is 12.3 Å². The fraction of sp³-hybridized carbons (Fsp3) is 0.909. The van der Waals surface area contributed by atoms with Gasteiger partial charge in [-0.3, -0.25) is 4.79 Å². The number of rotatable bonds is 4. The molecule has 1 amide bonds. The maximum absolute atomic E-state index is 11.6. The van der Waals surface area contributed by atoms with Crippen LogP contribution in [0.3, 0.4) is 0 Å². The Balaban J connectivity index is 1.84. The van der Waals surface area contributed by atoms with Crippen LogP contribution in [0.1, 0.15) is 32.6 Å². The van der Waals surface area contributed by atoms with E-state index >= 15 is 0 Å². The average Bonchev–Trinajstić information content (AvgIpc) is 2.99. The molecule has 0 radical (unpaired) electrons. The first-order valence-electron chi connectivity index (χ1n) is 5.90. The number of carbonyl (C=O) groups is 1. The van der Waals surface area contributed by atoms with Gasteiger partial charge in [-0.05, 0) is 31.6 Å². The molecule has 4 nitrogen and oxygen atoms in total. The van der Waals surface area contributed by atoms with Gasteiger partial charge in [0.25, 0.3) is 0 Å². The maximum Gasteiger partial charge on any atom is 0.237 e. The molecule has 3 N–H and O–H groups in total. The monoisotopic (exact) mass is 212 g/mol. The Hall–Kier alpha value is -0.610. The van der Waals surface area contributed by atoms with Crippen LogP contribution < -0.4 is 11.1 Å². The van der Waals surface area contributed by atoms with Crippen LogP contribution in [-0.2, 0) is 9.53 Å². The minimum atomic E-state index is -0.370. The SMILES string of the molecule is CC[C@H](N)C(=O)NC1CCOC1C1CC1. The summed E-state index contributed by atoms with van der Waals surface area (Å²) in [5.41, 5.74) is 5.68. The Morgan fingerprint density at radius 1 is 1.53 bits per heavy atom. The van der Waals surface area contributed by atoms with Gasteiger partial charge >= 0.3 is 0 Å². The molecular weight excluding hydrogens is 192 g/mol. The van der Waals surface area contributed by atoms with Crippen LogP contribution in [0.2, 0.25) is 0 Å². The largest absolute Gasteiger partial charge is 0.376 e. The Kier molecular flexibility index (Phi) is 3.26. The molecule has 0 aromatic heterocycles. The summed E-state index contributed by atoms with van der Waals surface area (Å²) in [6, 6.07) is -0.173. The molecule has 1 saturated heterocycles.